The lowest BCUT2D eigenvalue weighted by Crippen LogP contribution is -2.10. The number of carbonyl (C=O) groups excluding carboxylic acids is 1. The van der Waals surface area contributed by atoms with Gasteiger partial charge >= 0.3 is 6.18 Å². The Hall–Kier alpha value is -1.10. The largest absolute Gasteiger partial charge is 0.420 e. The number of halogens is 5. The van der Waals surface area contributed by atoms with Crippen LogP contribution in [0.5, 0.6) is 0 Å². The van der Waals surface area contributed by atoms with Crippen molar-refractivity contribution >= 4 is 17.9 Å². The first-order chi connectivity index (χ1) is 6.38. The van der Waals surface area contributed by atoms with Gasteiger partial charge in [0.05, 0.1) is 10.6 Å². The maximum absolute atomic E-state index is 13.0. The maximum Gasteiger partial charge on any atom is 0.420 e. The highest BCUT2D eigenvalue weighted by atomic mass is 35.5. The molecular formula is C8H3ClF4O. The van der Waals surface area contributed by atoms with Crippen molar-refractivity contribution in [3.8, 4) is 0 Å². The normalized spacial score (nSPS) is 11.5. The van der Waals surface area contributed by atoms with E-state index in [1.165, 1.54) is 0 Å². The molecule has 76 valence electrons. The lowest BCUT2D eigenvalue weighted by Gasteiger charge is -2.10. The number of hydrogen-bond donors (Lipinski definition) is 0. The molecule has 0 radical (unpaired) electrons. The van der Waals surface area contributed by atoms with Crippen molar-refractivity contribution in [3.63, 3.8) is 0 Å². The van der Waals surface area contributed by atoms with Gasteiger partial charge in [-0.25, -0.2) is 4.39 Å². The first kappa shape index (κ1) is 11.0. The van der Waals surface area contributed by atoms with Crippen LogP contribution >= 0.6 is 11.6 Å². The van der Waals surface area contributed by atoms with Crippen molar-refractivity contribution in [1.82, 2.24) is 0 Å². The lowest BCUT2D eigenvalue weighted by molar-refractivity contribution is -0.139. The summed E-state index contributed by atoms with van der Waals surface area (Å²) in [6.07, 6.45) is -4.90. The molecule has 0 aliphatic carbocycles. The van der Waals surface area contributed by atoms with Crippen LogP contribution < -0.4 is 0 Å². The quantitative estimate of drug-likeness (QED) is 0.530. The highest BCUT2D eigenvalue weighted by Gasteiger charge is 2.37. The number of aldehydes is 1. The molecule has 0 aliphatic rings. The Morgan fingerprint density at radius 3 is 2.29 bits per heavy atom. The van der Waals surface area contributed by atoms with Gasteiger partial charge in [-0.2, -0.15) is 13.2 Å². The van der Waals surface area contributed by atoms with E-state index in [0.29, 0.717) is 0 Å². The molecule has 1 aromatic carbocycles. The van der Waals surface area contributed by atoms with Crippen molar-refractivity contribution < 1.29 is 22.4 Å². The maximum atomic E-state index is 13.0. The molecule has 0 atom stereocenters. The van der Waals surface area contributed by atoms with Gasteiger partial charge in [-0.15, -0.1) is 0 Å². The predicted molar refractivity (Wildman–Crippen MR) is 41.8 cm³/mol. The van der Waals surface area contributed by atoms with Gasteiger partial charge in [-0.3, -0.25) is 4.79 Å². The third-order valence-corrected chi connectivity index (χ3v) is 1.85. The second-order valence-electron chi connectivity index (χ2n) is 2.44. The predicted octanol–water partition coefficient (Wildman–Crippen LogP) is 3.31. The number of benzene rings is 1. The number of carbonyl (C=O) groups is 1. The van der Waals surface area contributed by atoms with Crippen molar-refractivity contribution in [2.24, 2.45) is 0 Å². The summed E-state index contributed by atoms with van der Waals surface area (Å²) in [5.41, 5.74) is -2.27. The van der Waals surface area contributed by atoms with E-state index in [9.17, 15) is 22.4 Å². The summed E-state index contributed by atoms with van der Waals surface area (Å²) in [7, 11) is 0. The summed E-state index contributed by atoms with van der Waals surface area (Å²) < 4.78 is 49.6. The van der Waals surface area contributed by atoms with Crippen LogP contribution in [0.3, 0.4) is 0 Å². The Morgan fingerprint density at radius 2 is 1.86 bits per heavy atom. The Labute approximate surface area is 81.3 Å². The molecule has 0 heterocycles. The number of hydrogen-bond acceptors (Lipinski definition) is 1. The van der Waals surface area contributed by atoms with Crippen molar-refractivity contribution in [1.29, 1.82) is 0 Å². The first-order valence-corrected chi connectivity index (χ1v) is 3.76. The van der Waals surface area contributed by atoms with E-state index < -0.39 is 28.1 Å². The smallest absolute Gasteiger partial charge is 0.298 e. The van der Waals surface area contributed by atoms with Crippen LogP contribution in [0, 0.1) is 5.82 Å². The van der Waals surface area contributed by atoms with E-state index in [1.54, 1.807) is 0 Å². The van der Waals surface area contributed by atoms with Crippen LogP contribution in [0.25, 0.3) is 0 Å². The van der Waals surface area contributed by atoms with E-state index in [1.807, 2.05) is 0 Å². The highest BCUT2D eigenvalue weighted by molar-refractivity contribution is 6.31. The highest BCUT2D eigenvalue weighted by Crippen LogP contribution is 2.37. The van der Waals surface area contributed by atoms with Crippen LogP contribution in [0.2, 0.25) is 5.02 Å². The van der Waals surface area contributed by atoms with E-state index in [0.717, 1.165) is 12.1 Å². The lowest BCUT2D eigenvalue weighted by atomic mass is 10.1. The molecule has 14 heavy (non-hydrogen) atoms. The zero-order valence-electron chi connectivity index (χ0n) is 6.53. The van der Waals surface area contributed by atoms with Gasteiger partial charge < -0.3 is 0 Å². The fourth-order valence-electron chi connectivity index (χ4n) is 0.919. The minimum atomic E-state index is -4.90. The molecule has 0 fully saturated rings. The number of rotatable bonds is 1. The summed E-state index contributed by atoms with van der Waals surface area (Å²) in [4.78, 5) is 10.2. The van der Waals surface area contributed by atoms with E-state index in [2.05, 4.69) is 0 Å². The van der Waals surface area contributed by atoms with Gasteiger partial charge in [0.25, 0.3) is 0 Å². The molecule has 1 nitrogen and oxygen atoms in total. The van der Waals surface area contributed by atoms with Crippen LogP contribution in [-0.2, 0) is 6.18 Å². The van der Waals surface area contributed by atoms with Crippen LogP contribution in [-0.4, -0.2) is 6.29 Å². The summed E-state index contributed by atoms with van der Waals surface area (Å²) in [5.74, 6) is -1.64. The van der Waals surface area contributed by atoms with Crippen LogP contribution in [0.4, 0.5) is 17.6 Å². The molecule has 0 saturated heterocycles. The van der Waals surface area contributed by atoms with Gasteiger partial charge in [0.2, 0.25) is 0 Å². The molecule has 0 saturated carbocycles. The Balaban J connectivity index is 3.48. The third-order valence-electron chi connectivity index (χ3n) is 1.53. The molecule has 0 unspecified atom stereocenters. The van der Waals surface area contributed by atoms with Crippen molar-refractivity contribution in [2.75, 3.05) is 0 Å². The Morgan fingerprint density at radius 1 is 1.29 bits per heavy atom. The molecule has 0 aliphatic heterocycles. The van der Waals surface area contributed by atoms with Gasteiger partial charge in [-0.1, -0.05) is 11.6 Å². The second kappa shape index (κ2) is 3.57. The fourth-order valence-corrected chi connectivity index (χ4v) is 1.17. The van der Waals surface area contributed by atoms with E-state index in [4.69, 9.17) is 11.6 Å². The summed E-state index contributed by atoms with van der Waals surface area (Å²) in [6.45, 7) is 0. The molecule has 0 amide bonds. The molecule has 0 bridgehead atoms. The zero-order chi connectivity index (χ0) is 10.9. The summed E-state index contributed by atoms with van der Waals surface area (Å²) in [5, 5.41) is -0.763. The van der Waals surface area contributed by atoms with Crippen molar-refractivity contribution in [2.45, 2.75) is 6.18 Å². The van der Waals surface area contributed by atoms with Gasteiger partial charge in [0.1, 0.15) is 11.4 Å². The SMILES string of the molecule is O=Cc1ccc(Cl)c(C(F)(F)F)c1F. The first-order valence-electron chi connectivity index (χ1n) is 3.38. The Bertz CT molecular complexity index is 372. The van der Waals surface area contributed by atoms with Crippen molar-refractivity contribution in [3.05, 3.63) is 34.1 Å². The monoisotopic (exact) mass is 226 g/mol. The zero-order valence-corrected chi connectivity index (χ0v) is 7.29. The second-order valence-corrected chi connectivity index (χ2v) is 2.85. The molecule has 1 rings (SSSR count). The molecule has 0 spiro atoms. The summed E-state index contributed by atoms with van der Waals surface area (Å²) >= 11 is 5.17. The standard InChI is InChI=1S/C8H3ClF4O/c9-5-2-1-4(3-14)7(10)6(5)8(11,12)13/h1-3H. The minimum Gasteiger partial charge on any atom is -0.298 e. The average Bonchev–Trinajstić information content (AvgIpc) is 2.02. The average molecular weight is 227 g/mol. The number of alkyl halides is 3. The van der Waals surface area contributed by atoms with E-state index >= 15 is 0 Å². The van der Waals surface area contributed by atoms with Gasteiger partial charge in [-0.05, 0) is 12.1 Å². The molecule has 6 heteroatoms. The molecule has 1 aromatic rings. The minimum absolute atomic E-state index is 0.000895. The van der Waals surface area contributed by atoms with Gasteiger partial charge in [0, 0.05) is 0 Å². The van der Waals surface area contributed by atoms with Gasteiger partial charge in [0.15, 0.2) is 6.29 Å². The van der Waals surface area contributed by atoms with Crippen LogP contribution in [0.1, 0.15) is 15.9 Å². The third kappa shape index (κ3) is 1.87. The fraction of sp³-hybridized carbons (Fsp3) is 0.125. The molecule has 0 aromatic heterocycles. The van der Waals surface area contributed by atoms with E-state index in [-0.39, 0.29) is 6.29 Å². The van der Waals surface area contributed by atoms with Crippen LogP contribution in [0.15, 0.2) is 12.1 Å². The molecular weight excluding hydrogens is 224 g/mol. The Kier molecular flexibility index (Phi) is 2.80. The topological polar surface area (TPSA) is 17.1 Å². The molecule has 0 N–H and O–H groups in total. The summed E-state index contributed by atoms with van der Waals surface area (Å²) in [6, 6.07) is 1.72.